The van der Waals surface area contributed by atoms with E-state index in [1.807, 2.05) is 87.4 Å². The van der Waals surface area contributed by atoms with Crippen LogP contribution in [0, 0.1) is 0 Å². The van der Waals surface area contributed by atoms with Crippen molar-refractivity contribution in [2.75, 3.05) is 24.3 Å². The quantitative estimate of drug-likeness (QED) is 0.349. The first-order valence-electron chi connectivity index (χ1n) is 10.0. The summed E-state index contributed by atoms with van der Waals surface area (Å²) >= 11 is 12.7. The monoisotopic (exact) mass is 476 g/mol. The van der Waals surface area contributed by atoms with Gasteiger partial charge in [-0.1, -0.05) is 47.5 Å². The molecule has 0 fully saturated rings. The summed E-state index contributed by atoms with van der Waals surface area (Å²) in [5.41, 5.74) is 2.49. The molecular weight excluding hydrogens is 450 g/mol. The lowest BCUT2D eigenvalue weighted by molar-refractivity contribution is 0.245. The van der Waals surface area contributed by atoms with Gasteiger partial charge < -0.3 is 14.7 Å². The molecule has 0 saturated heterocycles. The Hall–Kier alpha value is -1.97. The van der Waals surface area contributed by atoms with Crippen LogP contribution in [0.15, 0.2) is 72.8 Å². The Kier molecular flexibility index (Phi) is 7.72. The van der Waals surface area contributed by atoms with Gasteiger partial charge in [-0.2, -0.15) is 0 Å². The SMILES string of the molecule is CC(C)O[P@](=O)(c1ccc(N(C)C)cc1)[C@H](Nc1ccccc1)c1ccc(Cl)cc1Cl. The van der Waals surface area contributed by atoms with E-state index < -0.39 is 13.2 Å². The zero-order valence-electron chi connectivity index (χ0n) is 18.0. The van der Waals surface area contributed by atoms with Gasteiger partial charge in [0.2, 0.25) is 0 Å². The maximum absolute atomic E-state index is 14.7. The summed E-state index contributed by atoms with van der Waals surface area (Å²) in [6, 6.07) is 22.4. The molecule has 0 unspecified atom stereocenters. The first-order valence-corrected chi connectivity index (χ1v) is 12.5. The highest BCUT2D eigenvalue weighted by atomic mass is 35.5. The molecule has 3 aromatic rings. The van der Waals surface area contributed by atoms with Crippen molar-refractivity contribution >= 4 is 47.3 Å². The Bertz CT molecular complexity index is 1060. The van der Waals surface area contributed by atoms with Gasteiger partial charge in [-0.05, 0) is 62.4 Å². The molecule has 0 saturated carbocycles. The van der Waals surface area contributed by atoms with Crippen molar-refractivity contribution in [3.63, 3.8) is 0 Å². The van der Waals surface area contributed by atoms with E-state index in [1.165, 1.54) is 0 Å². The summed E-state index contributed by atoms with van der Waals surface area (Å²) in [6.45, 7) is 3.76. The van der Waals surface area contributed by atoms with Crippen LogP contribution in [0.2, 0.25) is 10.0 Å². The van der Waals surface area contributed by atoms with Crippen molar-refractivity contribution in [3.05, 3.63) is 88.4 Å². The topological polar surface area (TPSA) is 41.6 Å². The lowest BCUT2D eigenvalue weighted by atomic mass is 10.2. The number of nitrogens with zero attached hydrogens (tertiary/aromatic N) is 1. The molecule has 164 valence electrons. The van der Waals surface area contributed by atoms with E-state index in [2.05, 4.69) is 5.32 Å². The minimum absolute atomic E-state index is 0.259. The summed E-state index contributed by atoms with van der Waals surface area (Å²) in [7, 11) is 0.455. The molecule has 3 rings (SSSR count). The van der Waals surface area contributed by atoms with Crippen molar-refractivity contribution in [1.82, 2.24) is 0 Å². The number of para-hydroxylation sites is 1. The molecule has 0 bridgehead atoms. The zero-order valence-corrected chi connectivity index (χ0v) is 20.5. The van der Waals surface area contributed by atoms with Crippen LogP contribution in [0.3, 0.4) is 0 Å². The van der Waals surface area contributed by atoms with Gasteiger partial charge in [0, 0.05) is 46.4 Å². The second-order valence-corrected chi connectivity index (χ2v) is 11.0. The molecule has 0 aromatic heterocycles. The van der Waals surface area contributed by atoms with Crippen LogP contribution >= 0.6 is 30.6 Å². The number of benzene rings is 3. The van der Waals surface area contributed by atoms with Crippen molar-refractivity contribution < 1.29 is 9.09 Å². The fraction of sp³-hybridized carbons (Fsp3) is 0.250. The number of hydrogen-bond donors (Lipinski definition) is 1. The molecule has 4 nitrogen and oxygen atoms in total. The lowest BCUT2D eigenvalue weighted by Crippen LogP contribution is -2.23. The molecule has 0 heterocycles. The maximum Gasteiger partial charge on any atom is 0.258 e. The minimum Gasteiger partial charge on any atom is -0.378 e. The number of rotatable bonds is 8. The molecule has 0 aliphatic rings. The summed E-state index contributed by atoms with van der Waals surface area (Å²) in [6.07, 6.45) is -0.259. The van der Waals surface area contributed by atoms with Crippen molar-refractivity contribution in [3.8, 4) is 0 Å². The van der Waals surface area contributed by atoms with Crippen LogP contribution in [0.5, 0.6) is 0 Å². The number of hydrogen-bond acceptors (Lipinski definition) is 4. The van der Waals surface area contributed by atoms with Crippen LogP contribution in [0.1, 0.15) is 25.2 Å². The molecular formula is C24H27Cl2N2O2P. The molecule has 0 aliphatic heterocycles. The van der Waals surface area contributed by atoms with Crippen molar-refractivity contribution in [1.29, 1.82) is 0 Å². The first kappa shape index (κ1) is 23.7. The van der Waals surface area contributed by atoms with Gasteiger partial charge in [-0.3, -0.25) is 4.57 Å². The normalized spacial score (nSPS) is 14.2. The van der Waals surface area contributed by atoms with Crippen molar-refractivity contribution in [2.24, 2.45) is 0 Å². The van der Waals surface area contributed by atoms with E-state index in [-0.39, 0.29) is 6.10 Å². The van der Waals surface area contributed by atoms with Crippen LogP contribution in [-0.4, -0.2) is 20.2 Å². The molecule has 0 aliphatic carbocycles. The predicted molar refractivity (Wildman–Crippen MR) is 133 cm³/mol. The molecule has 0 spiro atoms. The largest absolute Gasteiger partial charge is 0.378 e. The summed E-state index contributed by atoms with van der Waals surface area (Å²) in [5.74, 6) is -0.702. The summed E-state index contributed by atoms with van der Waals surface area (Å²) < 4.78 is 20.8. The average molecular weight is 477 g/mol. The maximum atomic E-state index is 14.7. The second kappa shape index (κ2) is 10.1. The molecule has 7 heteroatoms. The van der Waals surface area contributed by atoms with E-state index in [9.17, 15) is 4.57 Å². The van der Waals surface area contributed by atoms with Gasteiger partial charge >= 0.3 is 0 Å². The van der Waals surface area contributed by atoms with E-state index in [1.54, 1.807) is 18.2 Å². The van der Waals surface area contributed by atoms with Crippen molar-refractivity contribution in [2.45, 2.75) is 25.7 Å². The van der Waals surface area contributed by atoms with Crippen LogP contribution in [0.25, 0.3) is 0 Å². The smallest absolute Gasteiger partial charge is 0.258 e. The fourth-order valence-electron chi connectivity index (χ4n) is 3.30. The molecule has 0 radical (unpaired) electrons. The van der Waals surface area contributed by atoms with Gasteiger partial charge in [0.15, 0.2) is 0 Å². The van der Waals surface area contributed by atoms with E-state index >= 15 is 0 Å². The second-order valence-electron chi connectivity index (χ2n) is 7.74. The summed E-state index contributed by atoms with van der Waals surface area (Å²) in [4.78, 5) is 1.99. The van der Waals surface area contributed by atoms with E-state index in [0.29, 0.717) is 20.9 Å². The fourth-order valence-corrected chi connectivity index (χ4v) is 6.54. The Labute approximate surface area is 194 Å². The van der Waals surface area contributed by atoms with Crippen LogP contribution < -0.4 is 15.5 Å². The van der Waals surface area contributed by atoms with Gasteiger partial charge in [-0.15, -0.1) is 0 Å². The molecule has 2 atom stereocenters. The van der Waals surface area contributed by atoms with Gasteiger partial charge in [0.25, 0.3) is 7.37 Å². The Morgan fingerprint density at radius 3 is 2.13 bits per heavy atom. The van der Waals surface area contributed by atoms with Crippen LogP contribution in [0.4, 0.5) is 11.4 Å². The van der Waals surface area contributed by atoms with E-state index in [4.69, 9.17) is 27.7 Å². The third-order valence-electron chi connectivity index (χ3n) is 4.77. The zero-order chi connectivity index (χ0) is 22.6. The molecule has 1 N–H and O–H groups in total. The predicted octanol–water partition coefficient (Wildman–Crippen LogP) is 7.20. The number of anilines is 2. The van der Waals surface area contributed by atoms with Gasteiger partial charge in [-0.25, -0.2) is 0 Å². The Morgan fingerprint density at radius 2 is 1.58 bits per heavy atom. The highest BCUT2D eigenvalue weighted by Crippen LogP contribution is 2.60. The Morgan fingerprint density at radius 1 is 0.935 bits per heavy atom. The van der Waals surface area contributed by atoms with Gasteiger partial charge in [0.1, 0.15) is 5.78 Å². The minimum atomic E-state index is -3.47. The van der Waals surface area contributed by atoms with Crippen LogP contribution in [-0.2, 0) is 9.09 Å². The average Bonchev–Trinajstić information content (AvgIpc) is 2.73. The summed E-state index contributed by atoms with van der Waals surface area (Å²) in [5, 5.41) is 4.97. The highest BCUT2D eigenvalue weighted by molar-refractivity contribution is 7.67. The number of nitrogens with one attached hydrogen (secondary N) is 1. The lowest BCUT2D eigenvalue weighted by Gasteiger charge is -2.32. The molecule has 3 aromatic carbocycles. The van der Waals surface area contributed by atoms with E-state index in [0.717, 1.165) is 11.4 Å². The third-order valence-corrected chi connectivity index (χ3v) is 8.17. The Balaban J connectivity index is 2.17. The molecule has 31 heavy (non-hydrogen) atoms. The third kappa shape index (κ3) is 5.64. The molecule has 0 amide bonds. The highest BCUT2D eigenvalue weighted by Gasteiger charge is 2.39. The standard InChI is InChI=1S/C24H27Cl2N2O2P/c1-17(2)30-31(29,21-13-11-20(12-14-21)28(3)4)24(27-19-8-6-5-7-9-19)22-15-10-18(25)16-23(22)26/h5-17,24,27H,1-4H3/t24-,31+/m0/s1. The first-order chi connectivity index (χ1) is 14.7. The number of halogens is 2. The van der Waals surface area contributed by atoms with Gasteiger partial charge in [0.05, 0.1) is 6.10 Å².